The lowest BCUT2D eigenvalue weighted by molar-refractivity contribution is -0.139. The normalized spacial score (nSPS) is 13.8. The van der Waals surface area contributed by atoms with Crippen LogP contribution in [0.15, 0.2) is 0 Å². The van der Waals surface area contributed by atoms with Gasteiger partial charge in [0.15, 0.2) is 0 Å². The number of aliphatic carboxylic acids is 1. The third kappa shape index (κ3) is 7.87. The number of amides is 2. The van der Waals surface area contributed by atoms with Crippen LogP contribution in [0, 0.1) is 0 Å². The lowest BCUT2D eigenvalue weighted by Crippen LogP contribution is -2.49. The van der Waals surface area contributed by atoms with Crippen LogP contribution in [0.4, 0.5) is 4.79 Å². The zero-order valence-corrected chi connectivity index (χ0v) is 11.2. The molecule has 0 aliphatic rings. The number of ether oxygens (including phenoxy) is 1. The van der Waals surface area contributed by atoms with Gasteiger partial charge in [-0.05, 0) is 25.4 Å². The predicted molar refractivity (Wildman–Crippen MR) is 67.4 cm³/mol. The van der Waals surface area contributed by atoms with E-state index in [1.54, 1.807) is 18.7 Å². The summed E-state index contributed by atoms with van der Waals surface area (Å²) in [6.07, 6.45) is 2.29. The fourth-order valence-corrected chi connectivity index (χ4v) is 1.68. The molecule has 0 bridgehead atoms. The van der Waals surface area contributed by atoms with Crippen molar-refractivity contribution in [3.05, 3.63) is 0 Å². The molecule has 0 rings (SSSR count). The summed E-state index contributed by atoms with van der Waals surface area (Å²) in [6.45, 7) is 2.16. The number of thioether (sulfide) groups is 1. The molecule has 0 aromatic carbocycles. The van der Waals surface area contributed by atoms with Gasteiger partial charge in [0.2, 0.25) is 0 Å². The molecule has 0 aromatic heterocycles. The second-order valence-electron chi connectivity index (χ2n) is 3.65. The van der Waals surface area contributed by atoms with Crippen LogP contribution in [-0.4, -0.2) is 54.9 Å². The third-order valence-corrected chi connectivity index (χ3v) is 2.65. The summed E-state index contributed by atoms with van der Waals surface area (Å²) in [4.78, 5) is 22.3. The highest BCUT2D eigenvalue weighted by molar-refractivity contribution is 7.98. The maximum Gasteiger partial charge on any atom is 0.326 e. The van der Waals surface area contributed by atoms with Crippen molar-refractivity contribution in [2.75, 3.05) is 25.7 Å². The highest BCUT2D eigenvalue weighted by Gasteiger charge is 2.19. The number of methoxy groups -OCH3 is 1. The molecule has 6 nitrogen and oxygen atoms in total. The average molecular weight is 264 g/mol. The van der Waals surface area contributed by atoms with Crippen molar-refractivity contribution in [3.63, 3.8) is 0 Å². The topological polar surface area (TPSA) is 87.7 Å². The zero-order chi connectivity index (χ0) is 13.3. The minimum absolute atomic E-state index is 0.157. The molecule has 0 spiro atoms. The highest BCUT2D eigenvalue weighted by Crippen LogP contribution is 2.01. The molecule has 7 heteroatoms. The number of rotatable bonds is 8. The second-order valence-corrected chi connectivity index (χ2v) is 4.63. The van der Waals surface area contributed by atoms with Crippen molar-refractivity contribution in [1.82, 2.24) is 10.6 Å². The summed E-state index contributed by atoms with van der Waals surface area (Å²) < 4.78 is 4.86. The van der Waals surface area contributed by atoms with E-state index < -0.39 is 18.0 Å². The number of carbonyl (C=O) groups excluding carboxylic acids is 1. The summed E-state index contributed by atoms with van der Waals surface area (Å²) in [5, 5.41) is 13.9. The van der Waals surface area contributed by atoms with Gasteiger partial charge < -0.3 is 20.5 Å². The van der Waals surface area contributed by atoms with Gasteiger partial charge in [0.1, 0.15) is 6.04 Å². The van der Waals surface area contributed by atoms with Gasteiger partial charge in [-0.15, -0.1) is 0 Å². The Balaban J connectivity index is 4.07. The van der Waals surface area contributed by atoms with Gasteiger partial charge >= 0.3 is 12.0 Å². The standard InChI is InChI=1S/C10H20N2O4S/c1-7(6-16-2)11-10(15)12-8(9(13)14)4-5-17-3/h7-8H,4-6H2,1-3H3,(H,13,14)(H2,11,12,15)/t7?,8-/m0/s1. The Labute approximate surface area is 105 Å². The lowest BCUT2D eigenvalue weighted by Gasteiger charge is -2.17. The Morgan fingerprint density at radius 1 is 1.41 bits per heavy atom. The molecule has 1 unspecified atom stereocenters. The van der Waals surface area contributed by atoms with Crippen LogP contribution in [-0.2, 0) is 9.53 Å². The van der Waals surface area contributed by atoms with Gasteiger partial charge in [0.25, 0.3) is 0 Å². The third-order valence-electron chi connectivity index (χ3n) is 2.01. The number of carboxylic acids is 1. The predicted octanol–water partition coefficient (Wildman–Crippen LogP) is 0.527. The van der Waals surface area contributed by atoms with Gasteiger partial charge in [-0.3, -0.25) is 0 Å². The van der Waals surface area contributed by atoms with Crippen LogP contribution in [0.5, 0.6) is 0 Å². The molecule has 0 aliphatic heterocycles. The number of nitrogens with one attached hydrogen (secondary N) is 2. The summed E-state index contributed by atoms with van der Waals surface area (Å²) in [5.74, 6) is -0.334. The number of carboxylic acid groups (broad SMARTS) is 1. The molecule has 0 saturated carbocycles. The molecular weight excluding hydrogens is 244 g/mol. The van der Waals surface area contributed by atoms with E-state index >= 15 is 0 Å². The van der Waals surface area contributed by atoms with Gasteiger partial charge in [-0.1, -0.05) is 0 Å². The van der Waals surface area contributed by atoms with Gasteiger partial charge in [-0.2, -0.15) is 11.8 Å². The van der Waals surface area contributed by atoms with Crippen LogP contribution in [0.3, 0.4) is 0 Å². The van der Waals surface area contributed by atoms with Crippen LogP contribution >= 0.6 is 11.8 Å². The quantitative estimate of drug-likeness (QED) is 0.595. The van der Waals surface area contributed by atoms with Crippen molar-refractivity contribution in [1.29, 1.82) is 0 Å². The Bertz CT molecular complexity index is 250. The smallest absolute Gasteiger partial charge is 0.326 e. The summed E-state index contributed by atoms with van der Waals surface area (Å²) in [6, 6.07) is -1.49. The molecular formula is C10H20N2O4S. The largest absolute Gasteiger partial charge is 0.480 e. The van der Waals surface area contributed by atoms with Crippen molar-refractivity contribution < 1.29 is 19.4 Å². The summed E-state index contributed by atoms with van der Waals surface area (Å²) in [5.41, 5.74) is 0. The van der Waals surface area contributed by atoms with E-state index in [2.05, 4.69) is 10.6 Å². The number of hydrogen-bond donors (Lipinski definition) is 3. The first-order valence-electron chi connectivity index (χ1n) is 5.29. The van der Waals surface area contributed by atoms with Crippen LogP contribution in [0.25, 0.3) is 0 Å². The average Bonchev–Trinajstić information content (AvgIpc) is 2.23. The lowest BCUT2D eigenvalue weighted by atomic mass is 10.2. The first-order chi connectivity index (χ1) is 8.01. The molecule has 100 valence electrons. The molecule has 0 aromatic rings. The molecule has 17 heavy (non-hydrogen) atoms. The second kappa shape index (κ2) is 9.12. The fraction of sp³-hybridized carbons (Fsp3) is 0.800. The fourth-order valence-electron chi connectivity index (χ4n) is 1.21. The summed E-state index contributed by atoms with van der Waals surface area (Å²) in [7, 11) is 1.54. The van der Waals surface area contributed by atoms with Crippen molar-refractivity contribution in [2.24, 2.45) is 0 Å². The molecule has 0 aliphatic carbocycles. The zero-order valence-electron chi connectivity index (χ0n) is 10.4. The number of hydrogen-bond acceptors (Lipinski definition) is 4. The molecule has 3 N–H and O–H groups in total. The van der Waals surface area contributed by atoms with E-state index in [4.69, 9.17) is 9.84 Å². The van der Waals surface area contributed by atoms with Gasteiger partial charge in [-0.25, -0.2) is 9.59 Å². The highest BCUT2D eigenvalue weighted by atomic mass is 32.2. The van der Waals surface area contributed by atoms with E-state index in [1.165, 1.54) is 7.11 Å². The Hall–Kier alpha value is -0.950. The van der Waals surface area contributed by atoms with E-state index in [9.17, 15) is 9.59 Å². The first kappa shape index (κ1) is 16.1. The maximum absolute atomic E-state index is 11.5. The Morgan fingerprint density at radius 3 is 2.53 bits per heavy atom. The SMILES string of the molecule is COCC(C)NC(=O)N[C@@H](CCSC)C(=O)O. The minimum Gasteiger partial charge on any atom is -0.480 e. The Morgan fingerprint density at radius 2 is 2.06 bits per heavy atom. The molecule has 2 atom stereocenters. The maximum atomic E-state index is 11.5. The van der Waals surface area contributed by atoms with Gasteiger partial charge in [0.05, 0.1) is 12.6 Å². The first-order valence-corrected chi connectivity index (χ1v) is 6.68. The molecule has 0 heterocycles. The van der Waals surface area contributed by atoms with Crippen LogP contribution < -0.4 is 10.6 Å². The van der Waals surface area contributed by atoms with E-state index in [1.807, 2.05) is 6.26 Å². The molecule has 0 fully saturated rings. The van der Waals surface area contributed by atoms with Crippen molar-refractivity contribution in [3.8, 4) is 0 Å². The van der Waals surface area contributed by atoms with E-state index in [-0.39, 0.29) is 6.04 Å². The van der Waals surface area contributed by atoms with Crippen LogP contribution in [0.2, 0.25) is 0 Å². The molecule has 0 radical (unpaired) electrons. The molecule has 2 amide bonds. The number of carbonyl (C=O) groups is 2. The molecule has 0 saturated heterocycles. The van der Waals surface area contributed by atoms with Gasteiger partial charge in [0, 0.05) is 7.11 Å². The van der Waals surface area contributed by atoms with Crippen LogP contribution in [0.1, 0.15) is 13.3 Å². The minimum atomic E-state index is -1.02. The number of urea groups is 1. The van der Waals surface area contributed by atoms with E-state index in [0.717, 1.165) is 0 Å². The van der Waals surface area contributed by atoms with Crippen molar-refractivity contribution >= 4 is 23.8 Å². The summed E-state index contributed by atoms with van der Waals surface area (Å²) >= 11 is 1.54. The van der Waals surface area contributed by atoms with E-state index in [0.29, 0.717) is 18.8 Å². The Kier molecular flexibility index (Phi) is 8.61. The monoisotopic (exact) mass is 264 g/mol. The van der Waals surface area contributed by atoms with Crippen molar-refractivity contribution in [2.45, 2.75) is 25.4 Å².